The van der Waals surface area contributed by atoms with Crippen molar-refractivity contribution >= 4 is 17.5 Å². The molecular weight excluding hydrogens is 346 g/mol. The second-order valence-electron chi connectivity index (χ2n) is 6.83. The summed E-state index contributed by atoms with van der Waals surface area (Å²) in [5, 5.41) is 3.76. The van der Waals surface area contributed by atoms with E-state index in [1.807, 2.05) is 35.0 Å². The Kier molecular flexibility index (Phi) is 4.51. The number of nitrogens with one attached hydrogen (secondary N) is 1. The van der Waals surface area contributed by atoms with Crippen LogP contribution < -0.4 is 5.32 Å². The minimum Gasteiger partial charge on any atom is -0.351 e. The molecule has 1 fully saturated rings. The zero-order chi connectivity index (χ0) is 18.0. The molecule has 1 aliphatic rings. The number of aromatic nitrogens is 2. The standard InChI is InChI=1S/C21H20ClN3O/c22-19-3-1-2-18(12-19)21(8-9-21)20(26)24-13-16-4-6-17(7-5-16)14-25-11-10-23-15-25/h1-7,10-12,15H,8-9,13-14H2,(H,24,26). The number of hydrogen-bond acceptors (Lipinski definition) is 2. The molecule has 4 rings (SSSR count). The summed E-state index contributed by atoms with van der Waals surface area (Å²) in [6.07, 6.45) is 7.28. The van der Waals surface area contributed by atoms with Crippen molar-refractivity contribution in [3.63, 3.8) is 0 Å². The Morgan fingerprint density at radius 1 is 1.15 bits per heavy atom. The highest BCUT2D eigenvalue weighted by Crippen LogP contribution is 2.48. The maximum atomic E-state index is 12.7. The molecule has 0 saturated heterocycles. The van der Waals surface area contributed by atoms with Gasteiger partial charge in [0.25, 0.3) is 0 Å². The van der Waals surface area contributed by atoms with E-state index in [4.69, 9.17) is 11.6 Å². The van der Waals surface area contributed by atoms with Crippen LogP contribution in [0.2, 0.25) is 5.02 Å². The van der Waals surface area contributed by atoms with Gasteiger partial charge in [0.05, 0.1) is 11.7 Å². The molecule has 132 valence electrons. The third kappa shape index (κ3) is 3.51. The summed E-state index contributed by atoms with van der Waals surface area (Å²) in [5.41, 5.74) is 2.91. The van der Waals surface area contributed by atoms with Crippen LogP contribution in [-0.2, 0) is 23.3 Å². The second kappa shape index (κ2) is 6.96. The Bertz CT molecular complexity index is 899. The first kappa shape index (κ1) is 16.9. The molecule has 1 amide bonds. The van der Waals surface area contributed by atoms with Gasteiger partial charge in [0.1, 0.15) is 0 Å². The van der Waals surface area contributed by atoms with Crippen LogP contribution in [0, 0.1) is 0 Å². The maximum absolute atomic E-state index is 12.7. The van der Waals surface area contributed by atoms with Crippen LogP contribution in [0.15, 0.2) is 67.3 Å². The molecule has 1 saturated carbocycles. The lowest BCUT2D eigenvalue weighted by Gasteiger charge is -2.16. The second-order valence-corrected chi connectivity index (χ2v) is 7.26. The van der Waals surface area contributed by atoms with Crippen molar-refractivity contribution in [2.45, 2.75) is 31.3 Å². The van der Waals surface area contributed by atoms with E-state index in [9.17, 15) is 4.79 Å². The molecule has 1 heterocycles. The first-order chi connectivity index (χ1) is 12.7. The number of nitrogens with zero attached hydrogens (tertiary/aromatic N) is 2. The van der Waals surface area contributed by atoms with Crippen LogP contribution in [0.4, 0.5) is 0 Å². The van der Waals surface area contributed by atoms with E-state index in [0.29, 0.717) is 11.6 Å². The van der Waals surface area contributed by atoms with E-state index in [1.54, 1.807) is 12.5 Å². The maximum Gasteiger partial charge on any atom is 0.230 e. The fourth-order valence-electron chi connectivity index (χ4n) is 3.26. The average molecular weight is 366 g/mol. The Labute approximate surface area is 157 Å². The van der Waals surface area contributed by atoms with Crippen LogP contribution >= 0.6 is 11.6 Å². The van der Waals surface area contributed by atoms with E-state index in [2.05, 4.69) is 34.6 Å². The van der Waals surface area contributed by atoms with Crippen LogP contribution in [-0.4, -0.2) is 15.5 Å². The minimum absolute atomic E-state index is 0.0854. The van der Waals surface area contributed by atoms with Gasteiger partial charge in [-0.1, -0.05) is 48.0 Å². The highest BCUT2D eigenvalue weighted by molar-refractivity contribution is 6.30. The fraction of sp³-hybridized carbons (Fsp3) is 0.238. The SMILES string of the molecule is O=C(NCc1ccc(Cn2ccnc2)cc1)C1(c2cccc(Cl)c2)CC1. The molecule has 1 aliphatic carbocycles. The average Bonchev–Trinajstić information content (AvgIpc) is 3.32. The lowest BCUT2D eigenvalue weighted by molar-refractivity contribution is -0.123. The van der Waals surface area contributed by atoms with Crippen molar-refractivity contribution in [3.8, 4) is 0 Å². The van der Waals surface area contributed by atoms with Gasteiger partial charge in [-0.15, -0.1) is 0 Å². The highest BCUT2D eigenvalue weighted by Gasteiger charge is 2.51. The molecule has 0 spiro atoms. The highest BCUT2D eigenvalue weighted by atomic mass is 35.5. The molecule has 0 unspecified atom stereocenters. The number of hydrogen-bond donors (Lipinski definition) is 1. The summed E-state index contributed by atoms with van der Waals surface area (Å²) in [6.45, 7) is 1.33. The summed E-state index contributed by atoms with van der Waals surface area (Å²) in [6, 6.07) is 15.9. The van der Waals surface area contributed by atoms with Crippen LogP contribution in [0.1, 0.15) is 29.5 Å². The summed E-state index contributed by atoms with van der Waals surface area (Å²) in [4.78, 5) is 16.8. The lowest BCUT2D eigenvalue weighted by Crippen LogP contribution is -2.34. The molecule has 5 heteroatoms. The Morgan fingerprint density at radius 2 is 1.92 bits per heavy atom. The zero-order valence-electron chi connectivity index (χ0n) is 14.4. The number of carbonyl (C=O) groups is 1. The van der Waals surface area contributed by atoms with Gasteiger partial charge in [0.2, 0.25) is 5.91 Å². The molecule has 0 aliphatic heterocycles. The third-order valence-corrected chi connectivity index (χ3v) is 5.20. The molecule has 3 aromatic rings. The van der Waals surface area contributed by atoms with Crippen LogP contribution in [0.3, 0.4) is 0 Å². The monoisotopic (exact) mass is 365 g/mol. The number of imidazole rings is 1. The van der Waals surface area contributed by atoms with Crippen LogP contribution in [0.5, 0.6) is 0 Å². The molecule has 26 heavy (non-hydrogen) atoms. The van der Waals surface area contributed by atoms with E-state index >= 15 is 0 Å². The van der Waals surface area contributed by atoms with E-state index in [0.717, 1.165) is 30.5 Å². The van der Waals surface area contributed by atoms with Gasteiger partial charge in [-0.25, -0.2) is 4.98 Å². The number of rotatable bonds is 6. The summed E-state index contributed by atoms with van der Waals surface area (Å²) in [5.74, 6) is 0.0854. The van der Waals surface area contributed by atoms with Gasteiger partial charge in [0, 0.05) is 30.5 Å². The summed E-state index contributed by atoms with van der Waals surface area (Å²) in [7, 11) is 0. The first-order valence-corrected chi connectivity index (χ1v) is 9.11. The Balaban J connectivity index is 1.37. The van der Waals surface area contributed by atoms with Crippen molar-refractivity contribution in [3.05, 3.63) is 89.0 Å². The molecule has 0 atom stereocenters. The molecule has 1 aromatic heterocycles. The third-order valence-electron chi connectivity index (χ3n) is 4.96. The predicted molar refractivity (Wildman–Crippen MR) is 102 cm³/mol. The van der Waals surface area contributed by atoms with Crippen molar-refractivity contribution in [1.82, 2.24) is 14.9 Å². The molecule has 0 bridgehead atoms. The zero-order valence-corrected chi connectivity index (χ0v) is 15.1. The molecule has 1 N–H and O–H groups in total. The minimum atomic E-state index is -0.397. The van der Waals surface area contributed by atoms with E-state index < -0.39 is 5.41 Å². The topological polar surface area (TPSA) is 46.9 Å². The largest absolute Gasteiger partial charge is 0.351 e. The summed E-state index contributed by atoms with van der Waals surface area (Å²) < 4.78 is 2.03. The van der Waals surface area contributed by atoms with Crippen molar-refractivity contribution in [2.24, 2.45) is 0 Å². The smallest absolute Gasteiger partial charge is 0.230 e. The van der Waals surface area contributed by atoms with Gasteiger partial charge in [0.15, 0.2) is 0 Å². The predicted octanol–water partition coefficient (Wildman–Crippen LogP) is 3.93. The summed E-state index contributed by atoms with van der Waals surface area (Å²) >= 11 is 6.08. The van der Waals surface area contributed by atoms with Gasteiger partial charge in [-0.2, -0.15) is 0 Å². The number of halogens is 1. The lowest BCUT2D eigenvalue weighted by atomic mass is 9.95. The molecule has 0 radical (unpaired) electrons. The molecular formula is C21H20ClN3O. The van der Waals surface area contributed by atoms with Crippen molar-refractivity contribution < 1.29 is 4.79 Å². The van der Waals surface area contributed by atoms with Gasteiger partial charge in [-0.05, 0) is 41.7 Å². The van der Waals surface area contributed by atoms with Crippen molar-refractivity contribution in [1.29, 1.82) is 0 Å². The van der Waals surface area contributed by atoms with Crippen molar-refractivity contribution in [2.75, 3.05) is 0 Å². The fourth-order valence-corrected chi connectivity index (χ4v) is 3.45. The van der Waals surface area contributed by atoms with Crippen LogP contribution in [0.25, 0.3) is 0 Å². The number of carbonyl (C=O) groups excluding carboxylic acids is 1. The van der Waals surface area contributed by atoms with Gasteiger partial charge >= 0.3 is 0 Å². The van der Waals surface area contributed by atoms with Gasteiger partial charge < -0.3 is 9.88 Å². The normalized spacial score (nSPS) is 14.8. The first-order valence-electron chi connectivity index (χ1n) is 8.74. The number of benzene rings is 2. The molecule has 4 nitrogen and oxygen atoms in total. The van der Waals surface area contributed by atoms with E-state index in [1.165, 1.54) is 5.56 Å². The van der Waals surface area contributed by atoms with E-state index in [-0.39, 0.29) is 5.91 Å². The Hall–Kier alpha value is -2.59. The quantitative estimate of drug-likeness (QED) is 0.719. The molecule has 2 aromatic carbocycles. The number of amides is 1. The van der Waals surface area contributed by atoms with Gasteiger partial charge in [-0.3, -0.25) is 4.79 Å². The Morgan fingerprint density at radius 3 is 2.58 bits per heavy atom.